The SMILES string of the molecule is FC(F)(F)c1ccc2sc3c(cc4c(-c5ccccc5)c(-c5ccccc5)c5c6sc7ccc(C(F)(F)F)cc7c6cc6c(-c7ccccc7)c(-c7ccccc7)c3c4c65)c2c1. The molecule has 0 aliphatic rings. The van der Waals surface area contributed by atoms with E-state index in [1.807, 2.05) is 72.8 Å². The average Bonchev–Trinajstić information content (AvgIpc) is 3.85. The van der Waals surface area contributed by atoms with Gasteiger partial charge >= 0.3 is 12.4 Å². The Morgan fingerprint density at radius 3 is 0.935 bits per heavy atom. The summed E-state index contributed by atoms with van der Waals surface area (Å²) in [6, 6.07) is 52.4. The molecule has 0 spiro atoms. The number of halogens is 6. The smallest absolute Gasteiger partial charge is 0.166 e. The summed E-state index contributed by atoms with van der Waals surface area (Å²) in [5.74, 6) is 0. The molecule has 0 aliphatic heterocycles. The fourth-order valence-electron chi connectivity index (χ4n) is 9.68. The van der Waals surface area contributed by atoms with Gasteiger partial charge in [0, 0.05) is 61.9 Å². The molecule has 0 atom stereocenters. The molecule has 0 fully saturated rings. The molecule has 0 radical (unpaired) electrons. The maximum Gasteiger partial charge on any atom is 0.416 e. The van der Waals surface area contributed by atoms with Crippen molar-refractivity contribution < 1.29 is 26.3 Å². The first-order chi connectivity index (χ1) is 30.0. The fourth-order valence-corrected chi connectivity index (χ4v) is 12.1. The van der Waals surface area contributed by atoms with Crippen molar-refractivity contribution in [2.24, 2.45) is 0 Å². The van der Waals surface area contributed by atoms with E-state index in [-0.39, 0.29) is 0 Å². The van der Waals surface area contributed by atoms with E-state index in [1.165, 1.54) is 34.8 Å². The number of alkyl halides is 6. The molecule has 0 aliphatic carbocycles. The Balaban J connectivity index is 1.46. The minimum Gasteiger partial charge on any atom is -0.166 e. The van der Waals surface area contributed by atoms with Crippen molar-refractivity contribution in [1.29, 1.82) is 0 Å². The van der Waals surface area contributed by atoms with Gasteiger partial charge in [-0.2, -0.15) is 26.3 Å². The zero-order chi connectivity index (χ0) is 42.1. The Morgan fingerprint density at radius 2 is 0.613 bits per heavy atom. The quantitative estimate of drug-likeness (QED) is 0.122. The van der Waals surface area contributed by atoms with E-state index in [4.69, 9.17) is 0 Å². The molecule has 0 nitrogen and oxygen atoms in total. The highest BCUT2D eigenvalue weighted by Crippen LogP contribution is 2.59. The Hall–Kier alpha value is -6.74. The zero-order valence-electron chi connectivity index (χ0n) is 32.3. The van der Waals surface area contributed by atoms with E-state index in [0.29, 0.717) is 10.8 Å². The molecular weight excluding hydrogens is 827 g/mol. The largest absolute Gasteiger partial charge is 0.416 e. The van der Waals surface area contributed by atoms with Gasteiger partial charge < -0.3 is 0 Å². The lowest BCUT2D eigenvalue weighted by atomic mass is 9.77. The first-order valence-electron chi connectivity index (χ1n) is 20.0. The van der Waals surface area contributed by atoms with Crippen LogP contribution in [0.4, 0.5) is 26.3 Å². The van der Waals surface area contributed by atoms with Crippen molar-refractivity contribution >= 4 is 95.3 Å². The van der Waals surface area contributed by atoms with Crippen LogP contribution in [0.25, 0.3) is 117 Å². The predicted octanol–water partition coefficient (Wildman–Crippen LogP) is 18.0. The summed E-state index contributed by atoms with van der Waals surface area (Å²) in [5.41, 5.74) is 5.84. The van der Waals surface area contributed by atoms with E-state index in [1.54, 1.807) is 12.1 Å². The Labute approximate surface area is 357 Å². The number of fused-ring (bicyclic) bond motifs is 8. The first kappa shape index (κ1) is 37.1. The fraction of sp³-hybridized carbons (Fsp3) is 0.0370. The van der Waals surface area contributed by atoms with Crippen LogP contribution < -0.4 is 0 Å². The highest BCUT2D eigenvalue weighted by molar-refractivity contribution is 7.27. The molecule has 0 unspecified atom stereocenters. The van der Waals surface area contributed by atoms with Gasteiger partial charge in [0.05, 0.1) is 11.1 Å². The Morgan fingerprint density at radius 1 is 0.290 bits per heavy atom. The van der Waals surface area contributed by atoms with E-state index in [2.05, 4.69) is 60.7 Å². The maximum atomic E-state index is 14.5. The highest BCUT2D eigenvalue weighted by atomic mass is 32.1. The molecule has 8 heteroatoms. The molecule has 0 amide bonds. The molecule has 12 aromatic rings. The monoisotopic (exact) mass is 854 g/mol. The number of thiophene rings is 2. The van der Waals surface area contributed by atoms with Crippen molar-refractivity contribution in [2.75, 3.05) is 0 Å². The summed E-state index contributed by atoms with van der Waals surface area (Å²) in [6.45, 7) is 0. The third-order valence-electron chi connectivity index (χ3n) is 12.2. The van der Waals surface area contributed by atoms with Crippen LogP contribution in [0.3, 0.4) is 0 Å². The van der Waals surface area contributed by atoms with Crippen molar-refractivity contribution in [1.82, 2.24) is 0 Å². The summed E-state index contributed by atoms with van der Waals surface area (Å²) in [5, 5.41) is 8.01. The number of hydrogen-bond acceptors (Lipinski definition) is 2. The second kappa shape index (κ2) is 13.4. The number of hydrogen-bond donors (Lipinski definition) is 0. The van der Waals surface area contributed by atoms with E-state index in [0.717, 1.165) is 119 Å². The third kappa shape index (κ3) is 5.46. The van der Waals surface area contributed by atoms with Crippen LogP contribution in [0.5, 0.6) is 0 Å². The Kier molecular flexibility index (Phi) is 8.00. The van der Waals surface area contributed by atoms with E-state index >= 15 is 0 Å². The molecular formula is C54H28F6S2. The predicted molar refractivity (Wildman–Crippen MR) is 248 cm³/mol. The van der Waals surface area contributed by atoms with Crippen molar-refractivity contribution in [3.63, 3.8) is 0 Å². The molecule has 62 heavy (non-hydrogen) atoms. The summed E-state index contributed by atoms with van der Waals surface area (Å²) in [7, 11) is 0. The van der Waals surface area contributed by atoms with Gasteiger partial charge in [-0.25, -0.2) is 0 Å². The van der Waals surface area contributed by atoms with E-state index in [9.17, 15) is 26.3 Å². The van der Waals surface area contributed by atoms with Gasteiger partial charge in [0.15, 0.2) is 0 Å². The van der Waals surface area contributed by atoms with Crippen LogP contribution in [0.2, 0.25) is 0 Å². The van der Waals surface area contributed by atoms with Crippen molar-refractivity contribution in [3.05, 3.63) is 181 Å². The van der Waals surface area contributed by atoms with Crippen LogP contribution >= 0.6 is 22.7 Å². The minimum atomic E-state index is -4.54. The molecule has 12 rings (SSSR count). The van der Waals surface area contributed by atoms with Gasteiger partial charge in [-0.15, -0.1) is 22.7 Å². The van der Waals surface area contributed by atoms with E-state index < -0.39 is 23.5 Å². The van der Waals surface area contributed by atoms with Crippen LogP contribution in [0, 0.1) is 0 Å². The van der Waals surface area contributed by atoms with Crippen molar-refractivity contribution in [2.45, 2.75) is 12.4 Å². The summed E-state index contributed by atoms with van der Waals surface area (Å²) in [6.07, 6.45) is -9.08. The zero-order valence-corrected chi connectivity index (χ0v) is 33.9. The third-order valence-corrected chi connectivity index (χ3v) is 14.6. The molecule has 0 bridgehead atoms. The molecule has 2 heterocycles. The molecule has 0 N–H and O–H groups in total. The van der Waals surface area contributed by atoms with Gasteiger partial charge in [0.1, 0.15) is 0 Å². The summed E-state index contributed by atoms with van der Waals surface area (Å²) >= 11 is 2.98. The lowest BCUT2D eigenvalue weighted by molar-refractivity contribution is -0.138. The van der Waals surface area contributed by atoms with Crippen LogP contribution in [-0.2, 0) is 12.4 Å². The normalized spacial score (nSPS) is 12.7. The first-order valence-corrected chi connectivity index (χ1v) is 21.6. The lowest BCUT2D eigenvalue weighted by Gasteiger charge is -2.26. The second-order valence-corrected chi connectivity index (χ2v) is 17.8. The average molecular weight is 855 g/mol. The van der Waals surface area contributed by atoms with Gasteiger partial charge in [0.2, 0.25) is 0 Å². The summed E-state index contributed by atoms with van der Waals surface area (Å²) in [4.78, 5) is 0. The molecule has 0 saturated heterocycles. The van der Waals surface area contributed by atoms with Crippen LogP contribution in [0.15, 0.2) is 170 Å². The van der Waals surface area contributed by atoms with Gasteiger partial charge in [-0.1, -0.05) is 121 Å². The topological polar surface area (TPSA) is 0 Å². The van der Waals surface area contributed by atoms with Crippen molar-refractivity contribution in [3.8, 4) is 44.5 Å². The molecule has 2 aromatic heterocycles. The lowest BCUT2D eigenvalue weighted by Crippen LogP contribution is -2.03. The minimum absolute atomic E-state index is 0.526. The summed E-state index contributed by atoms with van der Waals surface area (Å²) < 4.78 is 90.1. The van der Waals surface area contributed by atoms with Gasteiger partial charge in [-0.05, 0) is 104 Å². The maximum absolute atomic E-state index is 14.5. The molecule has 10 aromatic carbocycles. The molecule has 298 valence electrons. The van der Waals surface area contributed by atoms with Gasteiger partial charge in [-0.3, -0.25) is 0 Å². The highest BCUT2D eigenvalue weighted by Gasteiger charge is 2.34. The number of benzene rings is 10. The second-order valence-electron chi connectivity index (χ2n) is 15.7. The Bertz CT molecular complexity index is 3490. The van der Waals surface area contributed by atoms with Gasteiger partial charge in [0.25, 0.3) is 0 Å². The number of rotatable bonds is 4. The standard InChI is InChI=1S/C54H28F6S2/c55-53(56,57)33-21-23-41-35(25-33)37-27-39-43(29-13-5-1-6-14-29)45(31-17-9-3-10-18-31)49-48-40(28-38-36-26-34(54(58,59)60)22-24-42(36)61-51(38)49)44(30-15-7-2-8-16-30)46(32-19-11-4-12-20-32)50(47(39)48)52(37)62-41/h1-28H. The van der Waals surface area contributed by atoms with Crippen LogP contribution in [0.1, 0.15) is 11.1 Å². The molecule has 0 saturated carbocycles. The van der Waals surface area contributed by atoms with Crippen LogP contribution in [-0.4, -0.2) is 0 Å².